The van der Waals surface area contributed by atoms with Crippen molar-refractivity contribution in [1.29, 1.82) is 0 Å². The average Bonchev–Trinajstić information content (AvgIpc) is 3.16. The molecule has 4 atom stereocenters. The predicted octanol–water partition coefficient (Wildman–Crippen LogP) is 6.28. The average molecular weight is 466 g/mol. The van der Waals surface area contributed by atoms with E-state index < -0.39 is 0 Å². The Labute approximate surface area is 205 Å². The lowest BCUT2D eigenvalue weighted by molar-refractivity contribution is -0.129. The molecule has 1 aromatic rings. The van der Waals surface area contributed by atoms with Gasteiger partial charge in [-0.3, -0.25) is 9.59 Å². The van der Waals surface area contributed by atoms with Gasteiger partial charge in [-0.2, -0.15) is 0 Å². The van der Waals surface area contributed by atoms with Crippen LogP contribution in [0.3, 0.4) is 0 Å². The number of rotatable bonds is 7. The van der Waals surface area contributed by atoms with Gasteiger partial charge in [0.05, 0.1) is 7.11 Å². The van der Waals surface area contributed by atoms with Gasteiger partial charge in [0, 0.05) is 24.3 Å². The molecule has 3 saturated carbocycles. The zero-order valence-electron chi connectivity index (χ0n) is 21.3. The Kier molecular flexibility index (Phi) is 7.04. The van der Waals surface area contributed by atoms with Crippen LogP contribution in [0.5, 0.6) is 5.75 Å². The minimum Gasteiger partial charge on any atom is -0.496 e. The Morgan fingerprint density at radius 2 is 1.88 bits per heavy atom. The summed E-state index contributed by atoms with van der Waals surface area (Å²) in [5, 5.41) is 3.25. The lowest BCUT2D eigenvalue weighted by Crippen LogP contribution is -2.42. The first-order valence-electron chi connectivity index (χ1n) is 14.0. The molecule has 0 aliphatic heterocycles. The van der Waals surface area contributed by atoms with Gasteiger partial charge in [0.25, 0.3) is 0 Å². The summed E-state index contributed by atoms with van der Waals surface area (Å²) in [5.41, 5.74) is 4.22. The number of carbonyl (C=O) groups excluding carboxylic acids is 2. The quantitative estimate of drug-likeness (QED) is 0.482. The van der Waals surface area contributed by atoms with E-state index in [9.17, 15) is 9.59 Å². The number of ether oxygens (including phenoxy) is 1. The van der Waals surface area contributed by atoms with E-state index in [1.54, 1.807) is 7.11 Å². The molecule has 4 heteroatoms. The zero-order chi connectivity index (χ0) is 23.7. The molecule has 3 fully saturated rings. The van der Waals surface area contributed by atoms with Gasteiger partial charge in [-0.15, -0.1) is 0 Å². The first-order chi connectivity index (χ1) is 16.5. The SMILES string of the molecule is COc1cc2c(cc1CCCCC(=O)NC1CCCCC1)C1CC[C@]3(C)C(=O)CCC3C1CC2. The van der Waals surface area contributed by atoms with Crippen LogP contribution in [0.2, 0.25) is 0 Å². The number of nitrogens with one attached hydrogen (secondary N) is 1. The second-order valence-corrected chi connectivity index (χ2v) is 11.8. The number of unbranched alkanes of at least 4 members (excludes halogenated alkanes) is 1. The van der Waals surface area contributed by atoms with Crippen molar-refractivity contribution < 1.29 is 14.3 Å². The molecule has 34 heavy (non-hydrogen) atoms. The molecule has 4 aliphatic carbocycles. The van der Waals surface area contributed by atoms with E-state index in [1.165, 1.54) is 42.4 Å². The van der Waals surface area contributed by atoms with E-state index in [0.29, 0.717) is 36.0 Å². The van der Waals surface area contributed by atoms with Crippen LogP contribution in [-0.2, 0) is 22.4 Å². The maximum Gasteiger partial charge on any atom is 0.220 e. The molecule has 0 bridgehead atoms. The van der Waals surface area contributed by atoms with Crippen molar-refractivity contribution in [2.45, 2.75) is 115 Å². The van der Waals surface area contributed by atoms with Crippen LogP contribution in [0.4, 0.5) is 0 Å². The fraction of sp³-hybridized carbons (Fsp3) is 0.733. The molecule has 1 N–H and O–H groups in total. The van der Waals surface area contributed by atoms with Gasteiger partial charge in [-0.25, -0.2) is 0 Å². The third-order valence-corrected chi connectivity index (χ3v) is 9.91. The third kappa shape index (κ3) is 4.54. The van der Waals surface area contributed by atoms with E-state index in [2.05, 4.69) is 24.4 Å². The molecule has 5 rings (SSSR count). The van der Waals surface area contributed by atoms with Gasteiger partial charge >= 0.3 is 0 Å². The van der Waals surface area contributed by atoms with E-state index >= 15 is 0 Å². The summed E-state index contributed by atoms with van der Waals surface area (Å²) >= 11 is 0. The van der Waals surface area contributed by atoms with Gasteiger partial charge < -0.3 is 10.1 Å². The monoisotopic (exact) mass is 465 g/mol. The highest BCUT2D eigenvalue weighted by atomic mass is 16.5. The molecule has 4 nitrogen and oxygen atoms in total. The zero-order valence-corrected chi connectivity index (χ0v) is 21.3. The Balaban J connectivity index is 1.22. The smallest absolute Gasteiger partial charge is 0.220 e. The molecule has 1 amide bonds. The van der Waals surface area contributed by atoms with Gasteiger partial charge in [0.1, 0.15) is 11.5 Å². The van der Waals surface area contributed by atoms with E-state index in [4.69, 9.17) is 4.74 Å². The van der Waals surface area contributed by atoms with Crippen LogP contribution >= 0.6 is 0 Å². The second kappa shape index (κ2) is 10.0. The molecule has 3 unspecified atom stereocenters. The van der Waals surface area contributed by atoms with Crippen molar-refractivity contribution in [3.63, 3.8) is 0 Å². The Hall–Kier alpha value is -1.84. The number of benzene rings is 1. The Bertz CT molecular complexity index is 918. The first-order valence-corrected chi connectivity index (χ1v) is 14.0. The third-order valence-electron chi connectivity index (χ3n) is 9.91. The predicted molar refractivity (Wildman–Crippen MR) is 135 cm³/mol. The number of aryl methyl sites for hydroxylation is 2. The Morgan fingerprint density at radius 3 is 2.68 bits per heavy atom. The molecule has 0 heterocycles. The summed E-state index contributed by atoms with van der Waals surface area (Å²) in [7, 11) is 1.78. The highest BCUT2D eigenvalue weighted by molar-refractivity contribution is 5.87. The summed E-state index contributed by atoms with van der Waals surface area (Å²) < 4.78 is 5.80. The molecule has 4 aliphatic rings. The van der Waals surface area contributed by atoms with Crippen LogP contribution in [0.1, 0.15) is 113 Å². The fourth-order valence-electron chi connectivity index (χ4n) is 7.95. The van der Waals surface area contributed by atoms with Crippen molar-refractivity contribution >= 4 is 11.7 Å². The largest absolute Gasteiger partial charge is 0.496 e. The summed E-state index contributed by atoms with van der Waals surface area (Å²) in [4.78, 5) is 25.0. The van der Waals surface area contributed by atoms with E-state index in [1.807, 2.05) is 0 Å². The lowest BCUT2D eigenvalue weighted by Gasteiger charge is -2.48. The number of methoxy groups -OCH3 is 1. The molecule has 0 radical (unpaired) electrons. The number of fused-ring (bicyclic) bond motifs is 5. The molecule has 0 aromatic heterocycles. The lowest BCUT2D eigenvalue weighted by atomic mass is 9.55. The van der Waals surface area contributed by atoms with Crippen LogP contribution in [0.15, 0.2) is 12.1 Å². The minimum absolute atomic E-state index is 0.0633. The number of Topliss-reactive ketones (excluding diaryl/α,β-unsaturated/α-hetero) is 1. The molecule has 0 saturated heterocycles. The summed E-state index contributed by atoms with van der Waals surface area (Å²) in [5.74, 6) is 3.58. The van der Waals surface area contributed by atoms with Gasteiger partial charge in [-0.05, 0) is 105 Å². The van der Waals surface area contributed by atoms with Crippen molar-refractivity contribution in [2.75, 3.05) is 7.11 Å². The van der Waals surface area contributed by atoms with E-state index in [-0.39, 0.29) is 11.3 Å². The van der Waals surface area contributed by atoms with Crippen LogP contribution in [0, 0.1) is 17.3 Å². The van der Waals surface area contributed by atoms with Gasteiger partial charge in [0.2, 0.25) is 5.91 Å². The Morgan fingerprint density at radius 1 is 1.06 bits per heavy atom. The maximum absolute atomic E-state index is 12.6. The van der Waals surface area contributed by atoms with E-state index in [0.717, 1.165) is 70.0 Å². The van der Waals surface area contributed by atoms with Crippen molar-refractivity contribution in [3.8, 4) is 5.75 Å². The minimum atomic E-state index is -0.0633. The second-order valence-electron chi connectivity index (χ2n) is 11.8. The summed E-state index contributed by atoms with van der Waals surface area (Å²) in [6.07, 6.45) is 16.0. The van der Waals surface area contributed by atoms with Crippen molar-refractivity contribution in [3.05, 3.63) is 28.8 Å². The number of hydrogen-bond acceptors (Lipinski definition) is 3. The topological polar surface area (TPSA) is 55.4 Å². The summed E-state index contributed by atoms with van der Waals surface area (Å²) in [6.45, 7) is 2.25. The normalized spacial score (nSPS) is 30.9. The number of carbonyl (C=O) groups is 2. The standard InChI is InChI=1S/C30H43NO3/c1-30-17-16-23-24(26(30)14-15-28(30)32)13-12-20-19-27(34-2)21(18-25(20)23)8-6-7-11-29(33)31-22-9-4-3-5-10-22/h18-19,22-24,26H,3-17H2,1-2H3,(H,31,33)/t23?,24?,26?,30-/m0/s1. The van der Waals surface area contributed by atoms with Gasteiger partial charge in [-0.1, -0.05) is 32.3 Å². The van der Waals surface area contributed by atoms with Gasteiger partial charge in [0.15, 0.2) is 0 Å². The highest BCUT2D eigenvalue weighted by Crippen LogP contribution is 2.59. The number of amides is 1. The number of ketones is 1. The molecular weight excluding hydrogens is 422 g/mol. The molecule has 1 aromatic carbocycles. The van der Waals surface area contributed by atoms with Crippen molar-refractivity contribution in [1.82, 2.24) is 5.32 Å². The first kappa shape index (κ1) is 23.9. The summed E-state index contributed by atoms with van der Waals surface area (Å²) in [6, 6.07) is 5.14. The maximum atomic E-state index is 12.6. The van der Waals surface area contributed by atoms with Crippen molar-refractivity contribution in [2.24, 2.45) is 17.3 Å². The van der Waals surface area contributed by atoms with Crippen LogP contribution in [-0.4, -0.2) is 24.8 Å². The van der Waals surface area contributed by atoms with Crippen LogP contribution < -0.4 is 10.1 Å². The van der Waals surface area contributed by atoms with Crippen LogP contribution in [0.25, 0.3) is 0 Å². The molecule has 0 spiro atoms. The molecular formula is C30H43NO3. The highest BCUT2D eigenvalue weighted by Gasteiger charge is 2.54. The number of hydrogen-bond donors (Lipinski definition) is 1. The fourth-order valence-corrected chi connectivity index (χ4v) is 7.95. The molecule has 186 valence electrons.